The number of hydrogen-bond donors (Lipinski definition) is 0. The van der Waals surface area contributed by atoms with E-state index in [4.69, 9.17) is 9.84 Å². The Kier molecular flexibility index (Phi) is 4.72. The summed E-state index contributed by atoms with van der Waals surface area (Å²) in [7, 11) is 1.68. The van der Waals surface area contributed by atoms with Crippen molar-refractivity contribution in [1.29, 1.82) is 0 Å². The van der Waals surface area contributed by atoms with Gasteiger partial charge >= 0.3 is 0 Å². The molecule has 3 aromatic rings. The van der Waals surface area contributed by atoms with Crippen molar-refractivity contribution in [3.05, 3.63) is 70.9 Å². The molecular formula is C31H36N2O2. The van der Waals surface area contributed by atoms with Gasteiger partial charge in [0, 0.05) is 22.6 Å². The maximum atomic E-state index is 13.9. The van der Waals surface area contributed by atoms with Gasteiger partial charge in [-0.2, -0.15) is 9.78 Å². The van der Waals surface area contributed by atoms with Gasteiger partial charge in [-0.05, 0) is 91.2 Å². The summed E-state index contributed by atoms with van der Waals surface area (Å²) in [5, 5.41) is 5.22. The van der Waals surface area contributed by atoms with E-state index in [1.165, 1.54) is 30.5 Å². The van der Waals surface area contributed by atoms with Gasteiger partial charge in [0.25, 0.3) is 5.91 Å². The highest BCUT2D eigenvalue weighted by molar-refractivity contribution is 5.98. The van der Waals surface area contributed by atoms with Gasteiger partial charge in [-0.1, -0.05) is 45.4 Å². The number of carbonyl (C=O) groups is 1. The highest BCUT2D eigenvalue weighted by Crippen LogP contribution is 2.77. The predicted octanol–water partition coefficient (Wildman–Crippen LogP) is 7.05. The van der Waals surface area contributed by atoms with Crippen LogP contribution in [0, 0.1) is 29.1 Å². The quantitative estimate of drug-likeness (QED) is 0.414. The summed E-state index contributed by atoms with van der Waals surface area (Å²) >= 11 is 0. The van der Waals surface area contributed by atoms with E-state index in [0.717, 1.165) is 34.9 Å². The van der Waals surface area contributed by atoms with Crippen LogP contribution in [0.4, 0.5) is 0 Å². The number of nitrogens with zero attached hydrogens (tertiary/aromatic N) is 2. The molecule has 2 saturated carbocycles. The van der Waals surface area contributed by atoms with Crippen LogP contribution in [0.3, 0.4) is 0 Å². The number of aromatic nitrogens is 2. The smallest absolute Gasteiger partial charge is 0.278 e. The summed E-state index contributed by atoms with van der Waals surface area (Å²) in [4.78, 5) is 13.9. The average molecular weight is 469 g/mol. The van der Waals surface area contributed by atoms with Gasteiger partial charge in [-0.3, -0.25) is 4.79 Å². The highest BCUT2D eigenvalue weighted by Gasteiger charge is 2.69. The zero-order chi connectivity index (χ0) is 24.8. The van der Waals surface area contributed by atoms with Crippen molar-refractivity contribution in [2.24, 2.45) is 22.2 Å². The van der Waals surface area contributed by atoms with E-state index in [1.807, 2.05) is 43.3 Å². The first-order valence-corrected chi connectivity index (χ1v) is 13.0. The van der Waals surface area contributed by atoms with Crippen molar-refractivity contribution in [2.45, 2.75) is 66.2 Å². The Morgan fingerprint density at radius 3 is 2.37 bits per heavy atom. The minimum absolute atomic E-state index is 0.0574. The van der Waals surface area contributed by atoms with Crippen LogP contribution in [0.15, 0.2) is 48.5 Å². The summed E-state index contributed by atoms with van der Waals surface area (Å²) in [6.45, 7) is 11.9. The molecule has 0 amide bonds. The molecule has 0 aliphatic heterocycles. The second kappa shape index (κ2) is 7.32. The van der Waals surface area contributed by atoms with E-state index in [-0.39, 0.29) is 22.2 Å². The lowest BCUT2D eigenvalue weighted by Gasteiger charge is -2.55. The fourth-order valence-electron chi connectivity index (χ4n) is 8.04. The number of rotatable bonds is 3. The molecule has 1 aromatic heterocycles. The molecule has 0 N–H and O–H groups in total. The lowest BCUT2D eigenvalue weighted by atomic mass is 9.49. The first kappa shape index (κ1) is 22.6. The number of carbonyl (C=O) groups excluding carboxylic acids is 1. The Morgan fingerprint density at radius 1 is 1.03 bits per heavy atom. The third-order valence-corrected chi connectivity index (χ3v) is 10.0. The zero-order valence-electron chi connectivity index (χ0n) is 21.8. The summed E-state index contributed by atoms with van der Waals surface area (Å²) in [6.07, 6.45) is 4.82. The van der Waals surface area contributed by atoms with E-state index >= 15 is 0 Å². The molecule has 0 saturated heterocycles. The molecule has 0 radical (unpaired) electrons. The number of aryl methyl sites for hydroxylation is 1. The third-order valence-electron chi connectivity index (χ3n) is 10.0. The van der Waals surface area contributed by atoms with Gasteiger partial charge in [-0.25, -0.2) is 0 Å². The molecule has 6 rings (SSSR count). The van der Waals surface area contributed by atoms with Crippen molar-refractivity contribution in [3.8, 4) is 17.0 Å². The molecule has 2 fully saturated rings. The van der Waals surface area contributed by atoms with Crippen LogP contribution in [-0.4, -0.2) is 22.8 Å². The Bertz CT molecular complexity index is 1310. The van der Waals surface area contributed by atoms with Gasteiger partial charge in [0.2, 0.25) is 0 Å². The molecule has 1 heterocycles. The van der Waals surface area contributed by atoms with Crippen LogP contribution in [0.2, 0.25) is 0 Å². The molecule has 4 heteroatoms. The molecule has 2 bridgehead atoms. The molecule has 3 atom stereocenters. The molecule has 2 aromatic carbocycles. The fourth-order valence-corrected chi connectivity index (χ4v) is 8.04. The largest absolute Gasteiger partial charge is 0.497 e. The summed E-state index contributed by atoms with van der Waals surface area (Å²) in [5.41, 5.74) is 6.80. The topological polar surface area (TPSA) is 44.1 Å². The van der Waals surface area contributed by atoms with Crippen molar-refractivity contribution in [1.82, 2.24) is 9.78 Å². The molecule has 35 heavy (non-hydrogen) atoms. The number of fused-ring (bicyclic) bond motifs is 3. The Morgan fingerprint density at radius 2 is 1.71 bits per heavy atom. The Hall–Kier alpha value is -2.88. The van der Waals surface area contributed by atoms with Crippen molar-refractivity contribution >= 4 is 5.91 Å². The van der Waals surface area contributed by atoms with Gasteiger partial charge in [0.05, 0.1) is 18.5 Å². The molecule has 3 unspecified atom stereocenters. The minimum atomic E-state index is -0.0574. The van der Waals surface area contributed by atoms with E-state index in [2.05, 4.69) is 39.8 Å². The monoisotopic (exact) mass is 468 g/mol. The minimum Gasteiger partial charge on any atom is -0.497 e. The van der Waals surface area contributed by atoms with Crippen LogP contribution in [0.5, 0.6) is 5.75 Å². The van der Waals surface area contributed by atoms with Gasteiger partial charge in [-0.15, -0.1) is 0 Å². The van der Waals surface area contributed by atoms with Crippen molar-refractivity contribution < 1.29 is 9.53 Å². The standard InChI is InChI=1S/C31H36N2O2/c1-19-7-9-21(10-8-19)28(34)33-26(20-11-13-23(35-6)14-12-20)24-18-29(2,3)31-16-15-22(17-31)30(4,5)27(31)25(24)32-33/h7-14,22,27H,15-18H2,1-6H3. The van der Waals surface area contributed by atoms with Crippen LogP contribution in [0.25, 0.3) is 11.3 Å². The molecular weight excluding hydrogens is 432 g/mol. The second-order valence-electron chi connectivity index (χ2n) is 12.4. The van der Waals surface area contributed by atoms with Crippen LogP contribution in [-0.2, 0) is 6.42 Å². The summed E-state index contributed by atoms with van der Waals surface area (Å²) in [5.74, 6) is 1.85. The lowest BCUT2D eigenvalue weighted by Crippen LogP contribution is -2.48. The predicted molar refractivity (Wildman–Crippen MR) is 139 cm³/mol. The third kappa shape index (κ3) is 2.98. The van der Waals surface area contributed by atoms with Crippen LogP contribution >= 0.6 is 0 Å². The van der Waals surface area contributed by atoms with Crippen LogP contribution < -0.4 is 4.74 Å². The number of methoxy groups -OCH3 is 1. The highest BCUT2D eigenvalue weighted by atomic mass is 16.5. The Balaban J connectivity index is 1.60. The van der Waals surface area contributed by atoms with E-state index in [9.17, 15) is 4.79 Å². The van der Waals surface area contributed by atoms with Crippen molar-refractivity contribution in [2.75, 3.05) is 7.11 Å². The molecule has 182 valence electrons. The molecule has 3 aliphatic rings. The van der Waals surface area contributed by atoms with Crippen LogP contribution in [0.1, 0.15) is 80.1 Å². The normalized spacial score (nSPS) is 27.4. The molecule has 4 nitrogen and oxygen atoms in total. The number of ether oxygens (including phenoxy) is 1. The maximum Gasteiger partial charge on any atom is 0.278 e. The first-order chi connectivity index (χ1) is 16.6. The lowest BCUT2D eigenvalue weighted by molar-refractivity contribution is 0.00338. The zero-order valence-corrected chi connectivity index (χ0v) is 21.8. The average Bonchev–Trinajstić information content (AvgIpc) is 3.49. The number of benzene rings is 2. The molecule has 1 spiro atoms. The van der Waals surface area contributed by atoms with Gasteiger partial charge in [0.15, 0.2) is 0 Å². The van der Waals surface area contributed by atoms with Gasteiger partial charge in [0.1, 0.15) is 5.75 Å². The van der Waals surface area contributed by atoms with E-state index in [1.54, 1.807) is 11.8 Å². The molecule has 3 aliphatic carbocycles. The van der Waals surface area contributed by atoms with Gasteiger partial charge < -0.3 is 4.74 Å². The SMILES string of the molecule is COc1ccc(-c2c3c(nn2C(=O)c2ccc(C)cc2)C2C(C)(C)C4CCC2(C4)C(C)(C)C3)cc1. The van der Waals surface area contributed by atoms with Crippen molar-refractivity contribution in [3.63, 3.8) is 0 Å². The summed E-state index contributed by atoms with van der Waals surface area (Å²) < 4.78 is 7.13. The van der Waals surface area contributed by atoms with E-state index < -0.39 is 0 Å². The maximum absolute atomic E-state index is 13.9. The fraction of sp³-hybridized carbons (Fsp3) is 0.484. The first-order valence-electron chi connectivity index (χ1n) is 13.0. The van der Waals surface area contributed by atoms with E-state index in [0.29, 0.717) is 11.5 Å². The Labute approximate surface area is 208 Å². The number of hydrogen-bond acceptors (Lipinski definition) is 3. The summed E-state index contributed by atoms with van der Waals surface area (Å²) in [6, 6.07) is 15.9. The second-order valence-corrected chi connectivity index (χ2v) is 12.4.